The minimum atomic E-state index is -0.386. The molecule has 0 N–H and O–H groups in total. The van der Waals surface area contributed by atoms with Gasteiger partial charge in [0.15, 0.2) is 0 Å². The van der Waals surface area contributed by atoms with Gasteiger partial charge in [0.1, 0.15) is 18.3 Å². The predicted octanol–water partition coefficient (Wildman–Crippen LogP) is 9.80. The van der Waals surface area contributed by atoms with E-state index in [1.807, 2.05) is 54.4 Å². The number of hydrogen-bond acceptors (Lipinski definition) is 6. The van der Waals surface area contributed by atoms with Crippen LogP contribution in [-0.2, 0) is 51.8 Å². The first-order chi connectivity index (χ1) is 25.8. The number of thioether (sulfide) groups is 1. The molecule has 6 heteroatoms. The summed E-state index contributed by atoms with van der Waals surface area (Å²) in [4.78, 5) is 4.60. The fourth-order valence-electron chi connectivity index (χ4n) is 6.65. The Bertz CT molecular complexity index is 1900. The number of pyridine rings is 1. The van der Waals surface area contributed by atoms with E-state index in [0.717, 1.165) is 34.4 Å². The Balaban J connectivity index is 1.24. The highest BCUT2D eigenvalue weighted by molar-refractivity contribution is 8.00. The summed E-state index contributed by atoms with van der Waals surface area (Å²) in [5.41, 5.74) is 7.92. The maximum atomic E-state index is 7.02. The van der Waals surface area contributed by atoms with Crippen molar-refractivity contribution in [3.63, 3.8) is 0 Å². The van der Waals surface area contributed by atoms with Crippen LogP contribution in [0.5, 0.6) is 0 Å². The van der Waals surface area contributed by atoms with Crippen molar-refractivity contribution >= 4 is 11.8 Å². The molecule has 1 aromatic heterocycles. The molecular formula is C46H45NO4S. The van der Waals surface area contributed by atoms with E-state index in [1.165, 1.54) is 11.1 Å². The molecule has 0 radical (unpaired) electrons. The Morgan fingerprint density at radius 3 is 1.52 bits per heavy atom. The fourth-order valence-corrected chi connectivity index (χ4v) is 8.28. The molecule has 5 atom stereocenters. The summed E-state index contributed by atoms with van der Waals surface area (Å²) in [7, 11) is 0. The van der Waals surface area contributed by atoms with Crippen molar-refractivity contribution in [1.29, 1.82) is 0 Å². The van der Waals surface area contributed by atoms with Crippen LogP contribution in [0.25, 0.3) is 0 Å². The van der Waals surface area contributed by atoms with E-state index >= 15 is 0 Å². The van der Waals surface area contributed by atoms with Gasteiger partial charge in [0.2, 0.25) is 0 Å². The third-order valence-electron chi connectivity index (χ3n) is 9.27. The van der Waals surface area contributed by atoms with Crippen LogP contribution in [0.2, 0.25) is 0 Å². The topological polar surface area (TPSA) is 49.8 Å². The summed E-state index contributed by atoms with van der Waals surface area (Å²) in [5, 5.41) is -0.0794. The molecule has 2 heterocycles. The lowest BCUT2D eigenvalue weighted by Gasteiger charge is -2.46. The minimum Gasteiger partial charge on any atom is -0.376 e. The molecule has 0 aliphatic carbocycles. The highest BCUT2D eigenvalue weighted by Crippen LogP contribution is 2.47. The van der Waals surface area contributed by atoms with Gasteiger partial charge in [-0.25, -0.2) is 0 Å². The lowest BCUT2D eigenvalue weighted by atomic mass is 9.94. The van der Waals surface area contributed by atoms with Gasteiger partial charge in [-0.15, -0.1) is 11.8 Å². The maximum absolute atomic E-state index is 7.02. The average Bonchev–Trinajstić information content (AvgIpc) is 3.21. The Kier molecular flexibility index (Phi) is 12.9. The van der Waals surface area contributed by atoms with Gasteiger partial charge < -0.3 is 18.9 Å². The van der Waals surface area contributed by atoms with Gasteiger partial charge >= 0.3 is 0 Å². The molecular weight excluding hydrogens is 663 g/mol. The summed E-state index contributed by atoms with van der Waals surface area (Å²) in [6, 6.07) is 56.4. The van der Waals surface area contributed by atoms with Crippen LogP contribution in [0.1, 0.15) is 44.3 Å². The zero-order valence-electron chi connectivity index (χ0n) is 29.3. The standard InChI is InChI=1S/C46H45NO4S/c1-5-16-35(17-6-1)30-48-34-42-43(49-31-36-18-7-2-8-19-36)44(50-32-37-20-9-3-10-21-37)45(51-33-38-22-11-4-12-23-38)46(52-42)40-25-15-24-39(28-40)29-41-26-13-14-27-47-41/h1-28,42-46H,29-34H2/t42-,43-,44+,45-,46+/m1/s1. The quantitative estimate of drug-likeness (QED) is 0.0999. The van der Waals surface area contributed by atoms with E-state index in [2.05, 4.69) is 132 Å². The van der Waals surface area contributed by atoms with Gasteiger partial charge in [-0.2, -0.15) is 0 Å². The molecule has 1 aliphatic heterocycles. The van der Waals surface area contributed by atoms with E-state index in [0.29, 0.717) is 33.0 Å². The second kappa shape index (κ2) is 18.8. The Labute approximate surface area is 312 Å². The van der Waals surface area contributed by atoms with Crippen LogP contribution in [0, 0.1) is 0 Å². The number of nitrogens with zero attached hydrogens (tertiary/aromatic N) is 1. The molecule has 1 fully saturated rings. The molecule has 264 valence electrons. The SMILES string of the molecule is c1ccc(COC[C@H]2S[C@@H](c3cccc(Cc4ccccn4)c3)[C@H](OCc3ccccc3)[C@@H](OCc3ccccc3)[C@@H]2OCc2ccccc2)cc1. The maximum Gasteiger partial charge on any atom is 0.113 e. The van der Waals surface area contributed by atoms with Crippen molar-refractivity contribution in [2.24, 2.45) is 0 Å². The number of aromatic nitrogens is 1. The molecule has 52 heavy (non-hydrogen) atoms. The van der Waals surface area contributed by atoms with Crippen molar-refractivity contribution in [3.8, 4) is 0 Å². The monoisotopic (exact) mass is 707 g/mol. The molecule has 0 amide bonds. The zero-order valence-corrected chi connectivity index (χ0v) is 30.1. The molecule has 1 aliphatic rings. The van der Waals surface area contributed by atoms with Crippen molar-refractivity contribution < 1.29 is 18.9 Å². The lowest BCUT2D eigenvalue weighted by Crippen LogP contribution is -2.54. The highest BCUT2D eigenvalue weighted by Gasteiger charge is 2.48. The lowest BCUT2D eigenvalue weighted by molar-refractivity contribution is -0.160. The summed E-state index contributed by atoms with van der Waals surface area (Å²) in [6.45, 7) is 2.39. The minimum absolute atomic E-state index is 0.0331. The summed E-state index contributed by atoms with van der Waals surface area (Å²) >= 11 is 1.88. The van der Waals surface area contributed by atoms with Crippen LogP contribution < -0.4 is 0 Å². The summed E-state index contributed by atoms with van der Waals surface area (Å²) < 4.78 is 27.5. The van der Waals surface area contributed by atoms with Gasteiger partial charge in [-0.3, -0.25) is 4.98 Å². The molecule has 0 unspecified atom stereocenters. The van der Waals surface area contributed by atoms with Crippen LogP contribution in [0.3, 0.4) is 0 Å². The fraction of sp³-hybridized carbons (Fsp3) is 0.239. The van der Waals surface area contributed by atoms with Gasteiger partial charge in [-0.1, -0.05) is 152 Å². The van der Waals surface area contributed by atoms with Gasteiger partial charge in [-0.05, 0) is 45.5 Å². The Morgan fingerprint density at radius 1 is 0.462 bits per heavy atom. The third-order valence-corrected chi connectivity index (χ3v) is 10.9. The second-order valence-corrected chi connectivity index (χ2v) is 14.5. The van der Waals surface area contributed by atoms with Crippen molar-refractivity contribution in [1.82, 2.24) is 4.98 Å². The average molecular weight is 708 g/mol. The van der Waals surface area contributed by atoms with Crippen molar-refractivity contribution in [2.45, 2.75) is 61.7 Å². The van der Waals surface area contributed by atoms with Crippen molar-refractivity contribution in [3.05, 3.63) is 209 Å². The van der Waals surface area contributed by atoms with Crippen molar-refractivity contribution in [2.75, 3.05) is 6.61 Å². The first-order valence-corrected chi connectivity index (χ1v) is 19.0. The number of benzene rings is 5. The molecule has 0 saturated carbocycles. The molecule has 5 nitrogen and oxygen atoms in total. The summed E-state index contributed by atoms with van der Waals surface area (Å²) in [6.07, 6.45) is 1.60. The third kappa shape index (κ3) is 10.1. The second-order valence-electron chi connectivity index (χ2n) is 13.1. The number of ether oxygens (including phenoxy) is 4. The van der Waals surface area contributed by atoms with Gasteiger partial charge in [0.05, 0.1) is 43.5 Å². The van der Waals surface area contributed by atoms with Crippen LogP contribution >= 0.6 is 11.8 Å². The zero-order chi connectivity index (χ0) is 35.2. The van der Waals surface area contributed by atoms with Crippen LogP contribution in [0.15, 0.2) is 170 Å². The first-order valence-electron chi connectivity index (χ1n) is 18.0. The smallest absolute Gasteiger partial charge is 0.113 e. The number of hydrogen-bond donors (Lipinski definition) is 0. The summed E-state index contributed by atoms with van der Waals surface area (Å²) in [5.74, 6) is 0. The molecule has 5 aromatic carbocycles. The molecule has 0 bridgehead atoms. The van der Waals surface area contributed by atoms with Crippen LogP contribution in [-0.4, -0.2) is 35.2 Å². The first kappa shape index (κ1) is 35.8. The van der Waals surface area contributed by atoms with Gasteiger partial charge in [0, 0.05) is 18.3 Å². The van der Waals surface area contributed by atoms with Crippen LogP contribution in [0.4, 0.5) is 0 Å². The highest BCUT2D eigenvalue weighted by atomic mass is 32.2. The molecule has 7 rings (SSSR count). The normalized spacial score (nSPS) is 20.0. The van der Waals surface area contributed by atoms with E-state index in [1.54, 1.807) is 0 Å². The van der Waals surface area contributed by atoms with E-state index in [9.17, 15) is 0 Å². The Morgan fingerprint density at radius 2 is 0.962 bits per heavy atom. The molecule has 6 aromatic rings. The van der Waals surface area contributed by atoms with E-state index < -0.39 is 0 Å². The number of rotatable bonds is 16. The Hall–Kier alpha value is -4.56. The van der Waals surface area contributed by atoms with E-state index in [-0.39, 0.29) is 28.8 Å². The predicted molar refractivity (Wildman–Crippen MR) is 209 cm³/mol. The molecule has 0 spiro atoms. The van der Waals surface area contributed by atoms with Gasteiger partial charge in [0.25, 0.3) is 0 Å². The largest absolute Gasteiger partial charge is 0.376 e. The van der Waals surface area contributed by atoms with E-state index in [4.69, 9.17) is 18.9 Å². The molecule has 1 saturated heterocycles.